The highest BCUT2D eigenvalue weighted by Gasteiger charge is 2.17. The smallest absolute Gasteiger partial charge is 0.270 e. The SMILES string of the molecule is CCNC(=NCc1cccc(C)c1)NCCNS(=O)(=O)c1cccc([N+](=O)[O-])c1.I. The predicted octanol–water partition coefficient (Wildman–Crippen LogP) is 2.55. The fourth-order valence-corrected chi connectivity index (χ4v) is 3.61. The maximum absolute atomic E-state index is 12.3. The summed E-state index contributed by atoms with van der Waals surface area (Å²) < 4.78 is 27.0. The average Bonchev–Trinajstić information content (AvgIpc) is 2.69. The van der Waals surface area contributed by atoms with Crippen LogP contribution in [0, 0.1) is 17.0 Å². The predicted molar refractivity (Wildman–Crippen MR) is 128 cm³/mol. The number of nitro groups is 1. The molecule has 0 atom stereocenters. The number of aryl methyl sites for hydroxylation is 1. The van der Waals surface area contributed by atoms with Crippen molar-refractivity contribution in [3.05, 3.63) is 69.8 Å². The van der Waals surface area contributed by atoms with Gasteiger partial charge >= 0.3 is 0 Å². The Morgan fingerprint density at radius 3 is 2.50 bits per heavy atom. The number of hydrogen-bond donors (Lipinski definition) is 3. The van der Waals surface area contributed by atoms with Crippen molar-refractivity contribution in [2.45, 2.75) is 25.3 Å². The van der Waals surface area contributed by atoms with Crippen LogP contribution in [0.15, 0.2) is 58.4 Å². The number of nitrogens with one attached hydrogen (secondary N) is 3. The van der Waals surface area contributed by atoms with E-state index >= 15 is 0 Å². The van der Waals surface area contributed by atoms with Gasteiger partial charge in [0.1, 0.15) is 0 Å². The monoisotopic (exact) mass is 547 g/mol. The standard InChI is InChI=1S/C19H25N5O4S.HI/c1-3-20-19(22-14-16-7-4-6-15(2)12-16)21-10-11-23-29(27,28)18-9-5-8-17(13-18)24(25)26;/h4-9,12-13,23H,3,10-11,14H2,1-2H3,(H2,20,21,22);1H. The Hall–Kier alpha value is -2.25. The van der Waals surface area contributed by atoms with Crippen molar-refractivity contribution < 1.29 is 13.3 Å². The number of nitro benzene ring substituents is 1. The molecule has 2 aromatic carbocycles. The molecule has 0 aliphatic rings. The summed E-state index contributed by atoms with van der Waals surface area (Å²) in [6, 6.07) is 13.0. The molecule has 0 amide bonds. The van der Waals surface area contributed by atoms with Crippen LogP contribution in [0.3, 0.4) is 0 Å². The van der Waals surface area contributed by atoms with Gasteiger partial charge in [-0.25, -0.2) is 18.1 Å². The molecule has 2 rings (SSSR count). The van der Waals surface area contributed by atoms with E-state index in [0.29, 0.717) is 25.6 Å². The number of halogens is 1. The topological polar surface area (TPSA) is 126 Å². The van der Waals surface area contributed by atoms with Gasteiger partial charge in [0, 0.05) is 31.8 Å². The van der Waals surface area contributed by atoms with Crippen molar-refractivity contribution in [2.75, 3.05) is 19.6 Å². The zero-order chi connectivity index (χ0) is 21.3. The second kappa shape index (κ2) is 12.4. The quantitative estimate of drug-likeness (QED) is 0.111. The Morgan fingerprint density at radius 1 is 1.10 bits per heavy atom. The average molecular weight is 547 g/mol. The first-order chi connectivity index (χ1) is 13.8. The molecule has 0 bridgehead atoms. The molecule has 0 aliphatic heterocycles. The lowest BCUT2D eigenvalue weighted by molar-refractivity contribution is -0.385. The molecule has 164 valence electrons. The van der Waals surface area contributed by atoms with E-state index in [4.69, 9.17) is 0 Å². The highest BCUT2D eigenvalue weighted by atomic mass is 127. The van der Waals surface area contributed by atoms with Crippen LogP contribution in [-0.4, -0.2) is 38.9 Å². The molecule has 0 aromatic heterocycles. The molecule has 0 heterocycles. The number of sulfonamides is 1. The third-order valence-electron chi connectivity index (χ3n) is 3.89. The molecule has 11 heteroatoms. The Bertz CT molecular complexity index is 982. The van der Waals surface area contributed by atoms with Gasteiger partial charge in [-0.2, -0.15) is 0 Å². The van der Waals surface area contributed by atoms with Crippen LogP contribution in [0.25, 0.3) is 0 Å². The fourth-order valence-electron chi connectivity index (χ4n) is 2.54. The van der Waals surface area contributed by atoms with Gasteiger partial charge < -0.3 is 10.6 Å². The lowest BCUT2D eigenvalue weighted by atomic mass is 10.1. The van der Waals surface area contributed by atoms with Crippen molar-refractivity contribution in [2.24, 2.45) is 4.99 Å². The van der Waals surface area contributed by atoms with Crippen molar-refractivity contribution in [1.82, 2.24) is 15.4 Å². The molecule has 0 saturated heterocycles. The van der Waals surface area contributed by atoms with Gasteiger partial charge in [0.05, 0.1) is 16.4 Å². The second-order valence-corrected chi connectivity index (χ2v) is 8.03. The molecule has 2 aromatic rings. The molecule has 9 nitrogen and oxygen atoms in total. The summed E-state index contributed by atoms with van der Waals surface area (Å²) in [6.07, 6.45) is 0. The Morgan fingerprint density at radius 2 is 1.83 bits per heavy atom. The first-order valence-corrected chi connectivity index (χ1v) is 10.6. The van der Waals surface area contributed by atoms with Gasteiger partial charge in [-0.15, -0.1) is 24.0 Å². The summed E-state index contributed by atoms with van der Waals surface area (Å²) in [5, 5.41) is 17.0. The lowest BCUT2D eigenvalue weighted by Crippen LogP contribution is -2.41. The number of hydrogen-bond acceptors (Lipinski definition) is 5. The van der Waals surface area contributed by atoms with E-state index in [1.165, 1.54) is 18.2 Å². The van der Waals surface area contributed by atoms with Gasteiger partial charge in [-0.05, 0) is 25.5 Å². The third-order valence-corrected chi connectivity index (χ3v) is 5.35. The molecular formula is C19H26IN5O4S. The first kappa shape index (κ1) is 25.8. The molecule has 3 N–H and O–H groups in total. The van der Waals surface area contributed by atoms with Gasteiger partial charge in [0.25, 0.3) is 5.69 Å². The highest BCUT2D eigenvalue weighted by Crippen LogP contribution is 2.16. The van der Waals surface area contributed by atoms with E-state index in [9.17, 15) is 18.5 Å². The third kappa shape index (κ3) is 8.24. The van der Waals surface area contributed by atoms with Crippen LogP contribution in [0.4, 0.5) is 5.69 Å². The van der Waals surface area contributed by atoms with Crippen LogP contribution in [0.1, 0.15) is 18.1 Å². The molecule has 0 radical (unpaired) electrons. The summed E-state index contributed by atoms with van der Waals surface area (Å²) in [5.74, 6) is 0.573. The molecular weight excluding hydrogens is 521 g/mol. The number of benzene rings is 2. The van der Waals surface area contributed by atoms with Crippen LogP contribution < -0.4 is 15.4 Å². The fraction of sp³-hybridized carbons (Fsp3) is 0.316. The van der Waals surface area contributed by atoms with Crippen LogP contribution >= 0.6 is 24.0 Å². The van der Waals surface area contributed by atoms with E-state index in [1.54, 1.807) is 0 Å². The molecule has 0 unspecified atom stereocenters. The maximum Gasteiger partial charge on any atom is 0.270 e. The Kier molecular flexibility index (Phi) is 10.7. The number of aliphatic imine (C=N–C) groups is 1. The second-order valence-electron chi connectivity index (χ2n) is 6.26. The van der Waals surface area contributed by atoms with E-state index in [0.717, 1.165) is 17.2 Å². The number of non-ortho nitro benzene ring substituents is 1. The van der Waals surface area contributed by atoms with Gasteiger partial charge in [-0.1, -0.05) is 35.9 Å². The first-order valence-electron chi connectivity index (χ1n) is 9.13. The zero-order valence-electron chi connectivity index (χ0n) is 16.8. The van der Waals surface area contributed by atoms with Gasteiger partial charge in [0.15, 0.2) is 5.96 Å². The van der Waals surface area contributed by atoms with Crippen LogP contribution in [-0.2, 0) is 16.6 Å². The molecule has 0 saturated carbocycles. The minimum Gasteiger partial charge on any atom is -0.357 e. The van der Waals surface area contributed by atoms with Crippen LogP contribution in [0.5, 0.6) is 0 Å². The number of nitrogens with zero attached hydrogens (tertiary/aromatic N) is 2. The minimum absolute atomic E-state index is 0. The summed E-state index contributed by atoms with van der Waals surface area (Å²) in [4.78, 5) is 14.5. The van der Waals surface area contributed by atoms with E-state index in [-0.39, 0.29) is 41.1 Å². The van der Waals surface area contributed by atoms with Crippen molar-refractivity contribution >= 4 is 45.6 Å². The van der Waals surface area contributed by atoms with Crippen LogP contribution in [0.2, 0.25) is 0 Å². The normalized spacial score (nSPS) is 11.5. The number of rotatable bonds is 9. The summed E-state index contributed by atoms with van der Waals surface area (Å²) in [5.41, 5.74) is 1.96. The van der Waals surface area contributed by atoms with Gasteiger partial charge in [-0.3, -0.25) is 10.1 Å². The molecule has 0 aliphatic carbocycles. The molecule has 0 spiro atoms. The summed E-state index contributed by atoms with van der Waals surface area (Å²) >= 11 is 0. The van der Waals surface area contributed by atoms with Crippen molar-refractivity contribution in [1.29, 1.82) is 0 Å². The highest BCUT2D eigenvalue weighted by molar-refractivity contribution is 14.0. The molecule has 0 fully saturated rings. The van der Waals surface area contributed by atoms with E-state index in [1.807, 2.05) is 32.0 Å². The van der Waals surface area contributed by atoms with E-state index in [2.05, 4.69) is 26.4 Å². The Labute approximate surface area is 193 Å². The summed E-state index contributed by atoms with van der Waals surface area (Å²) in [6.45, 7) is 5.52. The Balaban J connectivity index is 0.00000450. The van der Waals surface area contributed by atoms with Gasteiger partial charge in [0.2, 0.25) is 10.0 Å². The largest absolute Gasteiger partial charge is 0.357 e. The summed E-state index contributed by atoms with van der Waals surface area (Å²) in [7, 11) is -3.84. The lowest BCUT2D eigenvalue weighted by Gasteiger charge is -2.12. The van der Waals surface area contributed by atoms with Crippen molar-refractivity contribution in [3.8, 4) is 0 Å². The van der Waals surface area contributed by atoms with Crippen molar-refractivity contribution in [3.63, 3.8) is 0 Å². The maximum atomic E-state index is 12.3. The minimum atomic E-state index is -3.84. The zero-order valence-corrected chi connectivity index (χ0v) is 19.9. The van der Waals surface area contributed by atoms with E-state index < -0.39 is 14.9 Å². The number of guanidine groups is 1. The molecule has 30 heavy (non-hydrogen) atoms.